The molecule has 0 radical (unpaired) electrons. The highest BCUT2D eigenvalue weighted by molar-refractivity contribution is 8.76. The Morgan fingerprint density at radius 2 is 1.19 bits per heavy atom. The number of carbonyl (C=O) groups is 13. The van der Waals surface area contributed by atoms with Crippen molar-refractivity contribution in [3.05, 3.63) is 0 Å². The highest BCUT2D eigenvalue weighted by Gasteiger charge is 2.41. The first-order valence-corrected chi connectivity index (χ1v) is 31.7. The Morgan fingerprint density at radius 1 is 0.690 bits per heavy atom. The largest absolute Gasteiger partial charge is 0.481 e. The summed E-state index contributed by atoms with van der Waals surface area (Å²) in [5, 5.41) is 65.2. The van der Waals surface area contributed by atoms with Gasteiger partial charge in [-0.05, 0) is 71.8 Å². The number of thioether (sulfide) groups is 2. The Labute approximate surface area is 501 Å². The van der Waals surface area contributed by atoms with Crippen LogP contribution >= 0.6 is 45.1 Å². The van der Waals surface area contributed by atoms with Crippen LogP contribution in [0.2, 0.25) is 0 Å². The number of nitrogens with zero attached hydrogens (tertiary/aromatic N) is 1. The number of carbonyl (C=O) groups excluding carboxylic acids is 12. The van der Waals surface area contributed by atoms with Gasteiger partial charge in [0.05, 0.1) is 25.6 Å². The molecule has 33 nitrogen and oxygen atoms in total. The highest BCUT2D eigenvalue weighted by Crippen LogP contribution is 2.24. The summed E-state index contributed by atoms with van der Waals surface area (Å²) in [5.74, 6) is -13.7. The van der Waals surface area contributed by atoms with Gasteiger partial charge in [-0.3, -0.25) is 73.1 Å². The summed E-state index contributed by atoms with van der Waals surface area (Å²) in [4.78, 5) is 177. The second kappa shape index (κ2) is 38.2. The molecule has 2 aliphatic rings. The second-order valence-electron chi connectivity index (χ2n) is 19.2. The average molecular weight is 1270 g/mol. The lowest BCUT2D eigenvalue weighted by atomic mass is 10.1. The molecular formula is C47H80N18O15S4. The Bertz CT molecular complexity index is 2380. The summed E-state index contributed by atoms with van der Waals surface area (Å²) in [6.45, 7) is 2.15. The van der Waals surface area contributed by atoms with Gasteiger partial charge in [0.1, 0.15) is 60.4 Å². The van der Waals surface area contributed by atoms with Crippen molar-refractivity contribution in [2.75, 3.05) is 68.3 Å². The van der Waals surface area contributed by atoms with Gasteiger partial charge in [0.25, 0.3) is 0 Å². The number of amides is 11. The van der Waals surface area contributed by atoms with Crippen molar-refractivity contribution >= 4 is 134 Å². The van der Waals surface area contributed by atoms with Gasteiger partial charge in [0, 0.05) is 42.6 Å². The summed E-state index contributed by atoms with van der Waals surface area (Å²) in [7, 11) is 1.84. The van der Waals surface area contributed by atoms with Crippen molar-refractivity contribution < 1.29 is 72.5 Å². The van der Waals surface area contributed by atoms with E-state index in [1.165, 1.54) is 20.8 Å². The first kappa shape index (κ1) is 73.3. The molecule has 22 N–H and O–H groups in total. The molecule has 2 fully saturated rings. The molecule has 2 heterocycles. The van der Waals surface area contributed by atoms with E-state index in [1.807, 2.05) is 0 Å². The molecule has 0 aliphatic carbocycles. The topological polar surface area (TPSA) is 536 Å². The summed E-state index contributed by atoms with van der Waals surface area (Å²) < 4.78 is 0. The van der Waals surface area contributed by atoms with Gasteiger partial charge in [-0.25, -0.2) is 0 Å². The van der Waals surface area contributed by atoms with Crippen molar-refractivity contribution in [2.45, 2.75) is 132 Å². The highest BCUT2D eigenvalue weighted by atomic mass is 33.1. The van der Waals surface area contributed by atoms with Crippen LogP contribution in [0.15, 0.2) is 0 Å². The zero-order chi connectivity index (χ0) is 63.2. The Balaban J connectivity index is 2.73. The normalized spacial score (nSPS) is 25.5. The fraction of sp³-hybridized carbons (Fsp3) is 0.681. The van der Waals surface area contributed by atoms with Gasteiger partial charge in [-0.2, -0.15) is 23.5 Å². The van der Waals surface area contributed by atoms with Crippen molar-refractivity contribution in [1.29, 1.82) is 10.8 Å². The summed E-state index contributed by atoms with van der Waals surface area (Å²) in [6, 6.07) is -16.0. The summed E-state index contributed by atoms with van der Waals surface area (Å²) >= 11 is 2.29. The quantitative estimate of drug-likeness (QED) is 0.0233. The van der Waals surface area contributed by atoms with Crippen LogP contribution in [0.25, 0.3) is 0 Å². The third-order valence-corrected chi connectivity index (χ3v) is 16.3. The Kier molecular flexibility index (Phi) is 33.3. The molecule has 2 aliphatic heterocycles. The van der Waals surface area contributed by atoms with E-state index >= 15 is 0 Å². The first-order chi connectivity index (χ1) is 39.7. The van der Waals surface area contributed by atoms with Crippen molar-refractivity contribution in [2.24, 2.45) is 17.2 Å². The molecule has 0 aromatic rings. The zero-order valence-corrected chi connectivity index (χ0v) is 50.4. The van der Waals surface area contributed by atoms with Crippen LogP contribution in [0.4, 0.5) is 0 Å². The van der Waals surface area contributed by atoms with Gasteiger partial charge in [-0.15, -0.1) is 0 Å². The minimum Gasteiger partial charge on any atom is -0.481 e. The number of carboxylic acids is 1. The number of aliphatic carboxylic acids is 1. The van der Waals surface area contributed by atoms with Crippen molar-refractivity contribution in [3.8, 4) is 0 Å². The molecule has 0 aromatic carbocycles. The van der Waals surface area contributed by atoms with E-state index in [2.05, 4.69) is 63.8 Å². The average Bonchev–Trinajstić information content (AvgIpc) is 3.57. The predicted octanol–water partition coefficient (Wildman–Crippen LogP) is -7.47. The van der Waals surface area contributed by atoms with Crippen LogP contribution in [0, 0.1) is 10.8 Å². The van der Waals surface area contributed by atoms with Gasteiger partial charge >= 0.3 is 5.97 Å². The van der Waals surface area contributed by atoms with E-state index in [-0.39, 0.29) is 93.1 Å². The monoisotopic (exact) mass is 1260 g/mol. The second-order valence-corrected chi connectivity index (χ2v) is 23.6. The maximum Gasteiger partial charge on any atom is 0.305 e. The van der Waals surface area contributed by atoms with Crippen LogP contribution in [0.3, 0.4) is 0 Å². The molecule has 84 heavy (non-hydrogen) atoms. The van der Waals surface area contributed by atoms with E-state index < -0.39 is 163 Å². The number of nitrogens with one attached hydrogen (secondary N) is 14. The molecule has 11 amide bonds. The van der Waals surface area contributed by atoms with E-state index in [4.69, 9.17) is 28.0 Å². The SMILES string of the molecule is CSC[C@H](NC(=O)CN)C(=O)N[C@H]1CSSC[C@@H](C(C)=O)NC(=O)[C@H](CCCNC(=N)N)NC(=O)[C@H](C)NC(=O)[C@H](C)NC(=O)[C@H](CSC)NC(=O)[C@H](CCCNC(=N)N)NC(=O)C2CCCN2C(=O)[C@H](CC(=O)O)NC(=O)[C@H](CO)NC1=O. The van der Waals surface area contributed by atoms with Gasteiger partial charge < -0.3 is 96.1 Å². The number of carboxylic acid groups (broad SMARTS) is 1. The molecule has 1 unspecified atom stereocenters. The number of aliphatic hydroxyl groups excluding tert-OH is 1. The molecule has 0 saturated carbocycles. The van der Waals surface area contributed by atoms with Crippen LogP contribution < -0.4 is 81.0 Å². The Morgan fingerprint density at radius 3 is 1.73 bits per heavy atom. The number of aliphatic hydroxyl groups is 1. The third-order valence-electron chi connectivity index (χ3n) is 12.5. The van der Waals surface area contributed by atoms with Gasteiger partial charge in [0.2, 0.25) is 65.0 Å². The molecule has 0 aromatic heterocycles. The molecular weight excluding hydrogens is 1180 g/mol. The number of fused-ring (bicyclic) bond motifs is 1. The van der Waals surface area contributed by atoms with Crippen molar-refractivity contribution in [1.82, 2.24) is 68.7 Å². The van der Waals surface area contributed by atoms with Gasteiger partial charge in [-0.1, -0.05) is 21.6 Å². The smallest absolute Gasteiger partial charge is 0.305 e. The molecule has 37 heteroatoms. The fourth-order valence-electron chi connectivity index (χ4n) is 8.01. The third kappa shape index (κ3) is 26.0. The lowest BCUT2D eigenvalue weighted by Gasteiger charge is -2.30. The summed E-state index contributed by atoms with van der Waals surface area (Å²) in [5.41, 5.74) is 16.3. The lowest BCUT2D eigenvalue weighted by molar-refractivity contribution is -0.146. The number of hydrogen-bond acceptors (Lipinski definition) is 21. The van der Waals surface area contributed by atoms with Gasteiger partial charge in [0.15, 0.2) is 17.7 Å². The van der Waals surface area contributed by atoms with Crippen LogP contribution in [-0.2, 0) is 62.3 Å². The maximum atomic E-state index is 14.3. The van der Waals surface area contributed by atoms with E-state index in [1.54, 1.807) is 12.5 Å². The maximum absolute atomic E-state index is 14.3. The number of nitrogens with two attached hydrogens (primary N) is 3. The number of hydrogen-bond donors (Lipinski definition) is 19. The van der Waals surface area contributed by atoms with E-state index in [0.717, 1.165) is 50.0 Å². The number of rotatable bonds is 20. The molecule has 11 atom stereocenters. The lowest BCUT2D eigenvalue weighted by Crippen LogP contribution is -2.61. The standard InChI is InChI=1S/C47H80N18O15S4/c1-22-36(71)55-23(2)37(72)58-25(9-6-12-53-46(49)50)38(73)62-29(24(3)67)20-83-84-21-32(64-42(77)30(18-81-4)57-34(68)16-48)43(78)61-28(17-66)40(75)60-27(15-35(69)70)45(80)65-14-8-11-33(65)44(79)59-26(10-7-13-54-47(51)52)39(74)63-31(19-82-5)41(76)56-22/h22-23,25-33,66H,6-21,48H2,1-5H3,(H,55,71)(H,56,76)(H,57,68)(H,58,72)(H,59,79)(H,60,75)(H,61,78)(H,62,73)(H,63,74)(H,64,77)(H,69,70)(H4,49,50,53)(H4,51,52,54)/t22-,23-,25-,26-,27-,28-,29-,30-,31-,32-,33?/m0/s1. The predicted molar refractivity (Wildman–Crippen MR) is 314 cm³/mol. The number of Topliss-reactive ketones (excluding diaryl/α,β-unsaturated/α-hetero) is 1. The van der Waals surface area contributed by atoms with E-state index in [0.29, 0.717) is 0 Å². The van der Waals surface area contributed by atoms with Crippen LogP contribution in [-0.4, -0.2) is 239 Å². The number of guanidine groups is 2. The van der Waals surface area contributed by atoms with E-state index in [9.17, 15) is 72.5 Å². The minimum atomic E-state index is -1.91. The van der Waals surface area contributed by atoms with Crippen molar-refractivity contribution in [3.63, 3.8) is 0 Å². The van der Waals surface area contributed by atoms with Crippen LogP contribution in [0.1, 0.15) is 65.7 Å². The molecule has 2 rings (SSSR count). The molecule has 2 saturated heterocycles. The first-order valence-electron chi connectivity index (χ1n) is 26.4. The number of ketones is 1. The zero-order valence-electron chi connectivity index (χ0n) is 47.2. The van der Waals surface area contributed by atoms with Crippen LogP contribution in [0.5, 0.6) is 0 Å². The minimum absolute atomic E-state index is 0.000267. The molecule has 0 bridgehead atoms. The fourth-order valence-corrected chi connectivity index (χ4v) is 11.6. The Hall–Kier alpha value is -6.83. The summed E-state index contributed by atoms with van der Waals surface area (Å²) in [6.07, 6.45) is 2.45. The molecule has 0 spiro atoms. The molecule has 472 valence electrons.